The van der Waals surface area contributed by atoms with Crippen molar-refractivity contribution in [1.29, 1.82) is 0 Å². The van der Waals surface area contributed by atoms with Crippen LogP contribution in [0.1, 0.15) is 33.9 Å². The third-order valence-corrected chi connectivity index (χ3v) is 6.09. The van der Waals surface area contributed by atoms with E-state index < -0.39 is 17.7 Å². The lowest BCUT2D eigenvalue weighted by Gasteiger charge is -2.27. The number of aliphatic hydroxyl groups is 1. The molecule has 174 valence electrons. The first-order chi connectivity index (χ1) is 16.3. The van der Waals surface area contributed by atoms with Gasteiger partial charge in [0.05, 0.1) is 31.4 Å². The highest BCUT2D eigenvalue weighted by atomic mass is 16.5. The van der Waals surface area contributed by atoms with E-state index in [-0.39, 0.29) is 11.3 Å². The van der Waals surface area contributed by atoms with E-state index in [1.165, 1.54) is 12.0 Å². The number of carbonyl (C=O) groups is 2. The second-order valence-electron chi connectivity index (χ2n) is 8.44. The van der Waals surface area contributed by atoms with Crippen molar-refractivity contribution in [2.45, 2.75) is 26.8 Å². The molecule has 0 spiro atoms. The summed E-state index contributed by atoms with van der Waals surface area (Å²) in [6.45, 7) is 5.70. The predicted molar refractivity (Wildman–Crippen MR) is 131 cm³/mol. The molecule has 3 aromatic rings. The number of carbonyl (C=O) groups excluding carboxylic acids is 2. The van der Waals surface area contributed by atoms with Crippen LogP contribution in [-0.4, -0.2) is 31.0 Å². The fourth-order valence-corrected chi connectivity index (χ4v) is 4.34. The molecule has 34 heavy (non-hydrogen) atoms. The molecule has 1 unspecified atom stereocenters. The first-order valence-corrected chi connectivity index (χ1v) is 10.9. The van der Waals surface area contributed by atoms with Gasteiger partial charge in [0, 0.05) is 5.69 Å². The Hall–Kier alpha value is -4.06. The lowest BCUT2D eigenvalue weighted by atomic mass is 9.94. The van der Waals surface area contributed by atoms with E-state index in [4.69, 9.17) is 9.47 Å². The molecule has 1 N–H and O–H groups in total. The van der Waals surface area contributed by atoms with Crippen LogP contribution in [0.3, 0.4) is 0 Å². The first-order valence-electron chi connectivity index (χ1n) is 10.9. The highest BCUT2D eigenvalue weighted by Crippen LogP contribution is 2.44. The van der Waals surface area contributed by atoms with Crippen molar-refractivity contribution in [3.8, 4) is 11.5 Å². The quantitative estimate of drug-likeness (QED) is 0.322. The van der Waals surface area contributed by atoms with E-state index in [2.05, 4.69) is 0 Å². The second-order valence-corrected chi connectivity index (χ2v) is 8.44. The molecule has 6 nitrogen and oxygen atoms in total. The van der Waals surface area contributed by atoms with Crippen LogP contribution in [0.4, 0.5) is 5.69 Å². The number of rotatable bonds is 5. The van der Waals surface area contributed by atoms with Gasteiger partial charge in [0.15, 0.2) is 0 Å². The number of benzene rings is 3. The Balaban J connectivity index is 2.03. The second kappa shape index (κ2) is 9.06. The maximum Gasteiger partial charge on any atom is 0.300 e. The fraction of sp³-hybridized carbons (Fsp3) is 0.214. The zero-order valence-corrected chi connectivity index (χ0v) is 19.9. The number of hydrogen-bond donors (Lipinski definition) is 1. The smallest absolute Gasteiger partial charge is 0.300 e. The Bertz CT molecular complexity index is 1320. The lowest BCUT2D eigenvalue weighted by molar-refractivity contribution is -0.132. The molecule has 1 amide bonds. The molecule has 6 heteroatoms. The Morgan fingerprint density at radius 1 is 0.882 bits per heavy atom. The molecule has 1 atom stereocenters. The lowest BCUT2D eigenvalue weighted by Crippen LogP contribution is -2.30. The van der Waals surface area contributed by atoms with Crippen LogP contribution in [0, 0.1) is 20.8 Å². The monoisotopic (exact) mass is 457 g/mol. The van der Waals surface area contributed by atoms with Crippen LogP contribution in [0.15, 0.2) is 66.2 Å². The van der Waals surface area contributed by atoms with Gasteiger partial charge in [-0.3, -0.25) is 14.5 Å². The number of methoxy groups -OCH3 is 2. The summed E-state index contributed by atoms with van der Waals surface area (Å²) >= 11 is 0. The summed E-state index contributed by atoms with van der Waals surface area (Å²) in [5.41, 5.74) is 4.29. The third kappa shape index (κ3) is 3.92. The van der Waals surface area contributed by atoms with Crippen LogP contribution in [0.2, 0.25) is 0 Å². The molecule has 1 heterocycles. The summed E-state index contributed by atoms with van der Waals surface area (Å²) in [6.07, 6.45) is 0. The Morgan fingerprint density at radius 2 is 1.59 bits per heavy atom. The molecule has 3 aromatic carbocycles. The van der Waals surface area contributed by atoms with Gasteiger partial charge in [0.1, 0.15) is 17.3 Å². The molecule has 0 radical (unpaired) electrons. The van der Waals surface area contributed by atoms with E-state index in [0.717, 1.165) is 16.7 Å². The molecule has 1 aliphatic heterocycles. The van der Waals surface area contributed by atoms with E-state index in [1.54, 1.807) is 37.4 Å². The van der Waals surface area contributed by atoms with Gasteiger partial charge in [-0.15, -0.1) is 0 Å². The number of aryl methyl sites for hydroxylation is 3. The van der Waals surface area contributed by atoms with Crippen molar-refractivity contribution in [3.63, 3.8) is 0 Å². The van der Waals surface area contributed by atoms with Crippen LogP contribution in [0.5, 0.6) is 11.5 Å². The molecule has 1 saturated heterocycles. The number of hydrogen-bond acceptors (Lipinski definition) is 5. The van der Waals surface area contributed by atoms with Crippen LogP contribution < -0.4 is 14.4 Å². The van der Waals surface area contributed by atoms with E-state index in [1.807, 2.05) is 51.1 Å². The largest absolute Gasteiger partial charge is 0.507 e. The Morgan fingerprint density at radius 3 is 2.29 bits per heavy atom. The number of ketones is 1. The minimum absolute atomic E-state index is 0.00283. The first kappa shape index (κ1) is 23.1. The van der Waals surface area contributed by atoms with Crippen molar-refractivity contribution in [1.82, 2.24) is 0 Å². The van der Waals surface area contributed by atoms with Crippen molar-refractivity contribution in [2.75, 3.05) is 19.1 Å². The predicted octanol–water partition coefficient (Wildman–Crippen LogP) is 5.26. The van der Waals surface area contributed by atoms with Gasteiger partial charge in [-0.05, 0) is 67.8 Å². The van der Waals surface area contributed by atoms with Crippen molar-refractivity contribution in [2.24, 2.45) is 0 Å². The average Bonchev–Trinajstić information content (AvgIpc) is 3.10. The number of nitrogens with zero attached hydrogens (tertiary/aromatic N) is 1. The van der Waals surface area contributed by atoms with Crippen LogP contribution >= 0.6 is 0 Å². The van der Waals surface area contributed by atoms with Crippen molar-refractivity contribution >= 4 is 23.1 Å². The molecule has 1 fully saturated rings. The number of Topliss-reactive ketones (excluding diaryl/α,β-unsaturated/α-hetero) is 1. The Labute approximate surface area is 199 Å². The number of anilines is 1. The molecule has 1 aliphatic rings. The maximum absolute atomic E-state index is 13.4. The topological polar surface area (TPSA) is 76.1 Å². The summed E-state index contributed by atoms with van der Waals surface area (Å²) in [5, 5.41) is 11.5. The zero-order valence-electron chi connectivity index (χ0n) is 19.9. The Kier molecular flexibility index (Phi) is 6.16. The number of amides is 1. The average molecular weight is 458 g/mol. The van der Waals surface area contributed by atoms with Gasteiger partial charge < -0.3 is 14.6 Å². The van der Waals surface area contributed by atoms with Crippen molar-refractivity contribution < 1.29 is 24.2 Å². The van der Waals surface area contributed by atoms with Crippen LogP contribution in [-0.2, 0) is 9.59 Å². The summed E-state index contributed by atoms with van der Waals surface area (Å²) in [4.78, 5) is 28.4. The number of ether oxygens (including phenoxy) is 2. The van der Waals surface area contributed by atoms with Gasteiger partial charge in [-0.2, -0.15) is 0 Å². The third-order valence-electron chi connectivity index (χ3n) is 6.09. The minimum atomic E-state index is -0.846. The van der Waals surface area contributed by atoms with E-state index in [9.17, 15) is 14.7 Å². The van der Waals surface area contributed by atoms with Crippen molar-refractivity contribution in [3.05, 3.63) is 94.1 Å². The summed E-state index contributed by atoms with van der Waals surface area (Å²) in [5.74, 6) is -0.744. The SMILES string of the molecule is COc1cccc(C2/C(=C(\O)c3cc(C)ccc3OC)C(=O)C(=O)N2c2cc(C)ccc2C)c1. The van der Waals surface area contributed by atoms with Gasteiger partial charge in [0.2, 0.25) is 0 Å². The zero-order chi connectivity index (χ0) is 24.6. The summed E-state index contributed by atoms with van der Waals surface area (Å²) in [7, 11) is 3.05. The summed E-state index contributed by atoms with van der Waals surface area (Å²) < 4.78 is 10.8. The standard InChI is InChI=1S/C28H27NO5/c1-16-10-12-23(34-5)21(13-16)26(30)24-25(19-7-6-8-20(15-19)33-4)29(28(32)27(24)31)22-14-17(2)9-11-18(22)3/h6-15,25,30H,1-5H3/b26-24+. The molecular formula is C28H27NO5. The normalized spacial score (nSPS) is 17.2. The van der Waals surface area contributed by atoms with Gasteiger partial charge >= 0.3 is 0 Å². The number of aliphatic hydroxyl groups excluding tert-OH is 1. The highest BCUT2D eigenvalue weighted by Gasteiger charge is 2.47. The minimum Gasteiger partial charge on any atom is -0.507 e. The molecule has 0 aliphatic carbocycles. The molecule has 4 rings (SSSR count). The maximum atomic E-state index is 13.4. The molecular weight excluding hydrogens is 430 g/mol. The van der Waals surface area contributed by atoms with Gasteiger partial charge in [-0.1, -0.05) is 35.9 Å². The van der Waals surface area contributed by atoms with Gasteiger partial charge in [0.25, 0.3) is 11.7 Å². The highest BCUT2D eigenvalue weighted by molar-refractivity contribution is 6.51. The molecule has 0 bridgehead atoms. The summed E-state index contributed by atoms with van der Waals surface area (Å²) in [6, 6.07) is 17.4. The van der Waals surface area contributed by atoms with Gasteiger partial charge in [-0.25, -0.2) is 0 Å². The molecule has 0 saturated carbocycles. The van der Waals surface area contributed by atoms with Crippen LogP contribution in [0.25, 0.3) is 5.76 Å². The fourth-order valence-electron chi connectivity index (χ4n) is 4.34. The van der Waals surface area contributed by atoms with E-state index in [0.29, 0.717) is 28.3 Å². The van der Waals surface area contributed by atoms with E-state index >= 15 is 0 Å². The molecule has 0 aromatic heterocycles.